The number of aromatic nitrogens is 1. The zero-order valence-electron chi connectivity index (χ0n) is 9.94. The molecule has 1 amide bonds. The first kappa shape index (κ1) is 11.2. The van der Waals surface area contributed by atoms with E-state index in [0.29, 0.717) is 6.04 Å². The number of hydrogen-bond acceptors (Lipinski definition) is 2. The van der Waals surface area contributed by atoms with E-state index in [1.807, 2.05) is 41.8 Å². The Hall–Kier alpha value is -1.29. The Morgan fingerprint density at radius 2 is 2.50 bits per heavy atom. The maximum absolute atomic E-state index is 12.3. The lowest BCUT2D eigenvalue weighted by atomic mass is 10.2. The molecule has 2 heterocycles. The van der Waals surface area contributed by atoms with E-state index in [0.717, 1.165) is 31.7 Å². The number of amides is 1. The maximum Gasteiger partial charge on any atom is 0.270 e. The molecular weight excluding hydrogens is 202 g/mol. The van der Waals surface area contributed by atoms with Crippen molar-refractivity contribution in [3.63, 3.8) is 0 Å². The lowest BCUT2D eigenvalue weighted by Crippen LogP contribution is -2.42. The molecule has 2 rings (SSSR count). The number of nitrogens with zero attached hydrogens (tertiary/aromatic N) is 2. The van der Waals surface area contributed by atoms with Crippen LogP contribution in [0.4, 0.5) is 0 Å². The Balaban J connectivity index is 2.15. The van der Waals surface area contributed by atoms with Crippen LogP contribution < -0.4 is 5.32 Å². The molecule has 1 N–H and O–H groups in total. The zero-order valence-corrected chi connectivity index (χ0v) is 9.94. The summed E-state index contributed by atoms with van der Waals surface area (Å²) < 4.78 is 1.88. The minimum absolute atomic E-state index is 0.142. The van der Waals surface area contributed by atoms with Gasteiger partial charge in [-0.2, -0.15) is 0 Å². The number of aryl methyl sites for hydroxylation is 1. The van der Waals surface area contributed by atoms with Crippen LogP contribution in [0.5, 0.6) is 0 Å². The van der Waals surface area contributed by atoms with Gasteiger partial charge in [-0.05, 0) is 32.0 Å². The van der Waals surface area contributed by atoms with Crippen molar-refractivity contribution >= 4 is 5.91 Å². The highest BCUT2D eigenvalue weighted by Crippen LogP contribution is 2.13. The molecule has 1 atom stereocenters. The van der Waals surface area contributed by atoms with Gasteiger partial charge in [-0.15, -0.1) is 0 Å². The molecule has 88 valence electrons. The molecular formula is C12H19N3O. The van der Waals surface area contributed by atoms with Crippen molar-refractivity contribution in [3.05, 3.63) is 24.0 Å². The average molecular weight is 221 g/mol. The largest absolute Gasteiger partial charge is 0.347 e. The molecule has 0 aromatic carbocycles. The number of rotatable bonds is 3. The molecule has 1 unspecified atom stereocenters. The van der Waals surface area contributed by atoms with E-state index in [-0.39, 0.29) is 5.91 Å². The summed E-state index contributed by atoms with van der Waals surface area (Å²) in [7, 11) is 1.91. The minimum Gasteiger partial charge on any atom is -0.347 e. The molecule has 0 saturated carbocycles. The molecule has 1 fully saturated rings. The van der Waals surface area contributed by atoms with Crippen molar-refractivity contribution in [3.8, 4) is 0 Å². The fourth-order valence-electron chi connectivity index (χ4n) is 2.30. The monoisotopic (exact) mass is 221 g/mol. The van der Waals surface area contributed by atoms with Gasteiger partial charge >= 0.3 is 0 Å². The Morgan fingerprint density at radius 1 is 1.69 bits per heavy atom. The molecule has 0 bridgehead atoms. The van der Waals surface area contributed by atoms with Crippen LogP contribution in [0.2, 0.25) is 0 Å². The van der Waals surface area contributed by atoms with Crippen molar-refractivity contribution in [2.75, 3.05) is 19.6 Å². The van der Waals surface area contributed by atoms with Crippen LogP contribution in [0.1, 0.15) is 23.8 Å². The quantitative estimate of drug-likeness (QED) is 0.821. The summed E-state index contributed by atoms with van der Waals surface area (Å²) in [4.78, 5) is 14.3. The molecule has 1 aromatic heterocycles. The summed E-state index contributed by atoms with van der Waals surface area (Å²) in [6.45, 7) is 4.75. The number of nitrogens with one attached hydrogen (secondary N) is 1. The zero-order chi connectivity index (χ0) is 11.5. The first-order valence-electron chi connectivity index (χ1n) is 5.87. The van der Waals surface area contributed by atoms with E-state index >= 15 is 0 Å². The summed E-state index contributed by atoms with van der Waals surface area (Å²) >= 11 is 0. The molecule has 0 radical (unpaired) electrons. The van der Waals surface area contributed by atoms with E-state index in [9.17, 15) is 4.79 Å². The molecule has 0 spiro atoms. The Bertz CT molecular complexity index is 366. The van der Waals surface area contributed by atoms with Crippen LogP contribution in [-0.2, 0) is 7.05 Å². The van der Waals surface area contributed by atoms with Crippen molar-refractivity contribution < 1.29 is 4.79 Å². The van der Waals surface area contributed by atoms with Gasteiger partial charge in [-0.3, -0.25) is 4.79 Å². The highest BCUT2D eigenvalue weighted by atomic mass is 16.2. The van der Waals surface area contributed by atoms with Gasteiger partial charge < -0.3 is 14.8 Å². The summed E-state index contributed by atoms with van der Waals surface area (Å²) in [5, 5.41) is 3.30. The molecule has 16 heavy (non-hydrogen) atoms. The normalized spacial score (nSPS) is 20.0. The second-order valence-electron chi connectivity index (χ2n) is 4.24. The number of hydrogen-bond donors (Lipinski definition) is 1. The van der Waals surface area contributed by atoms with Gasteiger partial charge in [0.2, 0.25) is 0 Å². The molecule has 0 aliphatic carbocycles. The van der Waals surface area contributed by atoms with E-state index in [2.05, 4.69) is 5.32 Å². The first-order valence-corrected chi connectivity index (χ1v) is 5.87. The Kier molecular flexibility index (Phi) is 3.29. The van der Waals surface area contributed by atoms with Gasteiger partial charge in [0.25, 0.3) is 5.91 Å². The number of likely N-dealkylation sites (N-methyl/N-ethyl adjacent to an activating group) is 1. The summed E-state index contributed by atoms with van der Waals surface area (Å²) in [6, 6.07) is 4.15. The maximum atomic E-state index is 12.3. The lowest BCUT2D eigenvalue weighted by molar-refractivity contribution is 0.0694. The summed E-state index contributed by atoms with van der Waals surface area (Å²) in [6.07, 6.45) is 2.97. The highest BCUT2D eigenvalue weighted by Gasteiger charge is 2.26. The van der Waals surface area contributed by atoms with Crippen molar-refractivity contribution in [1.82, 2.24) is 14.8 Å². The van der Waals surface area contributed by atoms with E-state index in [4.69, 9.17) is 0 Å². The van der Waals surface area contributed by atoms with Gasteiger partial charge in [-0.1, -0.05) is 0 Å². The average Bonchev–Trinajstić information content (AvgIpc) is 2.90. The SMILES string of the molecule is CCN(C(=O)c1cccn1C)C1CCNC1. The summed E-state index contributed by atoms with van der Waals surface area (Å²) in [5.41, 5.74) is 0.772. The fraction of sp³-hybridized carbons (Fsp3) is 0.583. The van der Waals surface area contributed by atoms with Crippen LogP contribution in [0, 0.1) is 0 Å². The fourth-order valence-corrected chi connectivity index (χ4v) is 2.30. The molecule has 1 aliphatic heterocycles. The van der Waals surface area contributed by atoms with Gasteiger partial charge in [0.1, 0.15) is 5.69 Å². The van der Waals surface area contributed by atoms with Gasteiger partial charge in [0, 0.05) is 32.4 Å². The third-order valence-corrected chi connectivity index (χ3v) is 3.24. The number of carbonyl (C=O) groups excluding carboxylic acids is 1. The molecule has 4 heteroatoms. The lowest BCUT2D eigenvalue weighted by Gasteiger charge is -2.27. The molecule has 1 saturated heterocycles. The van der Waals surface area contributed by atoms with E-state index in [1.165, 1.54) is 0 Å². The van der Waals surface area contributed by atoms with Crippen LogP contribution in [-0.4, -0.2) is 41.1 Å². The minimum atomic E-state index is 0.142. The Labute approximate surface area is 96.2 Å². The van der Waals surface area contributed by atoms with Crippen LogP contribution >= 0.6 is 0 Å². The number of carbonyl (C=O) groups is 1. The standard InChI is InChI=1S/C12H19N3O/c1-3-15(10-6-7-13-9-10)12(16)11-5-4-8-14(11)2/h4-5,8,10,13H,3,6-7,9H2,1-2H3. The molecule has 1 aromatic rings. The van der Waals surface area contributed by atoms with Gasteiger partial charge in [0.05, 0.1) is 0 Å². The predicted octanol–water partition coefficient (Wildman–Crippen LogP) is 0.849. The second-order valence-corrected chi connectivity index (χ2v) is 4.24. The third kappa shape index (κ3) is 1.97. The Morgan fingerprint density at radius 3 is 3.00 bits per heavy atom. The summed E-state index contributed by atoms with van der Waals surface area (Å²) in [5.74, 6) is 0.142. The van der Waals surface area contributed by atoms with Crippen molar-refractivity contribution in [2.24, 2.45) is 7.05 Å². The highest BCUT2D eigenvalue weighted by molar-refractivity contribution is 5.93. The third-order valence-electron chi connectivity index (χ3n) is 3.24. The van der Waals surface area contributed by atoms with Crippen LogP contribution in [0.3, 0.4) is 0 Å². The molecule has 4 nitrogen and oxygen atoms in total. The molecule has 1 aliphatic rings. The van der Waals surface area contributed by atoms with Crippen LogP contribution in [0.25, 0.3) is 0 Å². The van der Waals surface area contributed by atoms with Crippen LogP contribution in [0.15, 0.2) is 18.3 Å². The van der Waals surface area contributed by atoms with E-state index < -0.39 is 0 Å². The van der Waals surface area contributed by atoms with Crippen molar-refractivity contribution in [2.45, 2.75) is 19.4 Å². The topological polar surface area (TPSA) is 37.3 Å². The van der Waals surface area contributed by atoms with Crippen molar-refractivity contribution in [1.29, 1.82) is 0 Å². The second kappa shape index (κ2) is 4.70. The van der Waals surface area contributed by atoms with Gasteiger partial charge in [0.15, 0.2) is 0 Å². The van der Waals surface area contributed by atoms with E-state index in [1.54, 1.807) is 0 Å². The predicted molar refractivity (Wildman–Crippen MR) is 63.4 cm³/mol. The first-order chi connectivity index (χ1) is 7.74. The smallest absolute Gasteiger partial charge is 0.270 e. The van der Waals surface area contributed by atoms with Gasteiger partial charge in [-0.25, -0.2) is 0 Å².